The van der Waals surface area contributed by atoms with E-state index in [9.17, 15) is 22.8 Å². The molecule has 29 heavy (non-hydrogen) atoms. The summed E-state index contributed by atoms with van der Waals surface area (Å²) in [5.74, 6) is -0.641. The maximum Gasteiger partial charge on any atom is 0.405 e. The van der Waals surface area contributed by atoms with Gasteiger partial charge in [-0.15, -0.1) is 0 Å². The average molecular weight is 429 g/mol. The Kier molecular flexibility index (Phi) is 7.90. The van der Waals surface area contributed by atoms with Gasteiger partial charge in [0.1, 0.15) is 12.3 Å². The fraction of sp³-hybridized carbons (Fsp3) is 0.300. The molecule has 0 aliphatic heterocycles. The molecule has 2 aromatic carbocycles. The molecule has 0 aliphatic carbocycles. The summed E-state index contributed by atoms with van der Waals surface area (Å²) in [6, 6.07) is 11.3. The number of hydrogen-bond acceptors (Lipinski definition) is 3. The topological polar surface area (TPSA) is 67.4 Å². The van der Waals surface area contributed by atoms with Crippen molar-refractivity contribution in [3.8, 4) is 5.75 Å². The number of hydrogen-bond donors (Lipinski definition) is 2. The smallest absolute Gasteiger partial charge is 0.405 e. The summed E-state index contributed by atoms with van der Waals surface area (Å²) in [5.41, 5.74) is 1.07. The van der Waals surface area contributed by atoms with Crippen LogP contribution >= 0.6 is 11.6 Å². The van der Waals surface area contributed by atoms with E-state index in [4.69, 9.17) is 16.3 Å². The van der Waals surface area contributed by atoms with Gasteiger partial charge in [0.05, 0.1) is 11.6 Å². The number of rotatable bonds is 8. The van der Waals surface area contributed by atoms with Gasteiger partial charge in [0.25, 0.3) is 5.91 Å². The lowest BCUT2D eigenvalue weighted by Crippen LogP contribution is -2.33. The zero-order valence-electron chi connectivity index (χ0n) is 15.6. The third-order valence-corrected chi connectivity index (χ3v) is 4.18. The Labute approximate surface area is 171 Å². The van der Waals surface area contributed by atoms with Crippen molar-refractivity contribution in [1.82, 2.24) is 5.32 Å². The Morgan fingerprint density at radius 3 is 2.55 bits per heavy atom. The number of carbonyl (C=O) groups is 2. The minimum absolute atomic E-state index is 0.0252. The molecule has 0 saturated heterocycles. The highest BCUT2D eigenvalue weighted by Gasteiger charge is 2.28. The standard InChI is InChI=1S/C20H20ClF3N2O3/c1-13-8-9-14(19(28)25-12-20(22,23)24)11-16(13)26-18(27)7-4-10-29-17-6-3-2-5-15(17)21/h2-3,5-6,8-9,11H,4,7,10,12H2,1H3,(H,25,28)(H,26,27). The monoisotopic (exact) mass is 428 g/mol. The summed E-state index contributed by atoms with van der Waals surface area (Å²) in [5, 5.41) is 4.94. The summed E-state index contributed by atoms with van der Waals surface area (Å²) in [7, 11) is 0. The first kappa shape index (κ1) is 22.5. The molecule has 2 aromatic rings. The highest BCUT2D eigenvalue weighted by Crippen LogP contribution is 2.23. The van der Waals surface area contributed by atoms with Crippen LogP contribution in [0.15, 0.2) is 42.5 Å². The van der Waals surface area contributed by atoms with Crippen LogP contribution in [0.25, 0.3) is 0 Å². The van der Waals surface area contributed by atoms with Crippen molar-refractivity contribution in [2.24, 2.45) is 0 Å². The summed E-state index contributed by atoms with van der Waals surface area (Å²) in [4.78, 5) is 24.0. The SMILES string of the molecule is Cc1ccc(C(=O)NCC(F)(F)F)cc1NC(=O)CCCOc1ccccc1Cl. The minimum Gasteiger partial charge on any atom is -0.492 e. The van der Waals surface area contributed by atoms with Crippen LogP contribution in [-0.2, 0) is 4.79 Å². The normalized spacial score (nSPS) is 11.1. The van der Waals surface area contributed by atoms with Gasteiger partial charge in [-0.05, 0) is 43.2 Å². The van der Waals surface area contributed by atoms with Crippen LogP contribution in [0.3, 0.4) is 0 Å². The number of nitrogens with one attached hydrogen (secondary N) is 2. The highest BCUT2D eigenvalue weighted by molar-refractivity contribution is 6.32. The number of para-hydroxylation sites is 1. The molecule has 5 nitrogen and oxygen atoms in total. The quantitative estimate of drug-likeness (QED) is 0.597. The molecule has 0 aromatic heterocycles. The molecule has 2 N–H and O–H groups in total. The number of amides is 2. The molecule has 0 atom stereocenters. The molecule has 0 aliphatic rings. The van der Waals surface area contributed by atoms with Gasteiger partial charge in [-0.2, -0.15) is 13.2 Å². The molecule has 9 heteroatoms. The Balaban J connectivity index is 1.86. The molecule has 2 amide bonds. The molecule has 0 radical (unpaired) electrons. The van der Waals surface area contributed by atoms with E-state index in [1.165, 1.54) is 12.1 Å². The fourth-order valence-electron chi connectivity index (χ4n) is 2.37. The van der Waals surface area contributed by atoms with Gasteiger partial charge in [-0.25, -0.2) is 0 Å². The molecule has 0 spiro atoms. The Morgan fingerprint density at radius 2 is 1.86 bits per heavy atom. The van der Waals surface area contributed by atoms with Gasteiger partial charge < -0.3 is 15.4 Å². The fourth-order valence-corrected chi connectivity index (χ4v) is 2.56. The predicted octanol–water partition coefficient (Wildman–Crippen LogP) is 4.74. The van der Waals surface area contributed by atoms with Gasteiger partial charge in [0.2, 0.25) is 5.91 Å². The van der Waals surface area contributed by atoms with Crippen molar-refractivity contribution < 1.29 is 27.5 Å². The van der Waals surface area contributed by atoms with E-state index >= 15 is 0 Å². The largest absolute Gasteiger partial charge is 0.492 e. The molecular weight excluding hydrogens is 409 g/mol. The van der Waals surface area contributed by atoms with Gasteiger partial charge in [-0.1, -0.05) is 29.8 Å². The van der Waals surface area contributed by atoms with E-state index in [0.717, 1.165) is 0 Å². The summed E-state index contributed by atoms with van der Waals surface area (Å²) in [6.45, 7) is 0.580. The van der Waals surface area contributed by atoms with Crippen LogP contribution in [0, 0.1) is 6.92 Å². The molecule has 2 rings (SSSR count). The number of ether oxygens (including phenoxy) is 1. The zero-order chi connectivity index (χ0) is 21.4. The van der Waals surface area contributed by atoms with E-state index in [0.29, 0.717) is 28.4 Å². The molecule has 0 saturated carbocycles. The second-order valence-corrected chi connectivity index (χ2v) is 6.67. The molecule has 156 valence electrons. The molecule has 0 unspecified atom stereocenters. The van der Waals surface area contributed by atoms with E-state index in [2.05, 4.69) is 5.32 Å². The van der Waals surface area contributed by atoms with Crippen molar-refractivity contribution in [3.63, 3.8) is 0 Å². The lowest BCUT2D eigenvalue weighted by Gasteiger charge is -2.12. The predicted molar refractivity (Wildman–Crippen MR) is 104 cm³/mol. The van der Waals surface area contributed by atoms with Crippen LogP contribution in [-0.4, -0.2) is 31.1 Å². The molecule has 0 fully saturated rings. The first-order valence-corrected chi connectivity index (χ1v) is 9.16. The van der Waals surface area contributed by atoms with Crippen molar-refractivity contribution in [2.75, 3.05) is 18.5 Å². The second kappa shape index (κ2) is 10.2. The zero-order valence-corrected chi connectivity index (χ0v) is 16.4. The Hall–Kier alpha value is -2.74. The van der Waals surface area contributed by atoms with Crippen LogP contribution in [0.1, 0.15) is 28.8 Å². The summed E-state index contributed by atoms with van der Waals surface area (Å²) in [6.07, 6.45) is -3.90. The van der Waals surface area contributed by atoms with E-state index in [1.54, 1.807) is 42.6 Å². The second-order valence-electron chi connectivity index (χ2n) is 6.26. The summed E-state index contributed by atoms with van der Waals surface area (Å²) < 4.78 is 42.2. The first-order valence-electron chi connectivity index (χ1n) is 8.78. The Bertz CT molecular complexity index is 872. The van der Waals surface area contributed by atoms with E-state index in [1.807, 2.05) is 0 Å². The van der Waals surface area contributed by atoms with Crippen molar-refractivity contribution in [2.45, 2.75) is 25.9 Å². The van der Waals surface area contributed by atoms with Crippen LogP contribution in [0.5, 0.6) is 5.75 Å². The number of benzene rings is 2. The molecule has 0 heterocycles. The third-order valence-electron chi connectivity index (χ3n) is 3.87. The van der Waals surface area contributed by atoms with Crippen LogP contribution in [0.4, 0.5) is 18.9 Å². The number of carbonyl (C=O) groups excluding carboxylic acids is 2. The lowest BCUT2D eigenvalue weighted by atomic mass is 10.1. The Morgan fingerprint density at radius 1 is 1.14 bits per heavy atom. The third kappa shape index (κ3) is 7.65. The van der Waals surface area contributed by atoms with Gasteiger partial charge in [0.15, 0.2) is 0 Å². The maximum atomic E-state index is 12.2. The van der Waals surface area contributed by atoms with E-state index < -0.39 is 18.6 Å². The van der Waals surface area contributed by atoms with E-state index in [-0.39, 0.29) is 24.5 Å². The van der Waals surface area contributed by atoms with Crippen molar-refractivity contribution in [3.05, 3.63) is 58.6 Å². The average Bonchev–Trinajstić information content (AvgIpc) is 2.65. The van der Waals surface area contributed by atoms with Gasteiger partial charge >= 0.3 is 6.18 Å². The van der Waals surface area contributed by atoms with Crippen molar-refractivity contribution >= 4 is 29.1 Å². The van der Waals surface area contributed by atoms with Crippen molar-refractivity contribution in [1.29, 1.82) is 0 Å². The number of anilines is 1. The molecule has 0 bridgehead atoms. The van der Waals surface area contributed by atoms with Crippen LogP contribution < -0.4 is 15.4 Å². The first-order chi connectivity index (χ1) is 13.7. The minimum atomic E-state index is -4.50. The van der Waals surface area contributed by atoms with Gasteiger partial charge in [0, 0.05) is 17.7 Å². The number of alkyl halides is 3. The molecular formula is C20H20ClF3N2O3. The van der Waals surface area contributed by atoms with Crippen LogP contribution in [0.2, 0.25) is 5.02 Å². The maximum absolute atomic E-state index is 12.2. The highest BCUT2D eigenvalue weighted by atomic mass is 35.5. The number of aryl methyl sites for hydroxylation is 1. The van der Waals surface area contributed by atoms with Gasteiger partial charge in [-0.3, -0.25) is 9.59 Å². The number of halogens is 4. The lowest BCUT2D eigenvalue weighted by molar-refractivity contribution is -0.123. The summed E-state index contributed by atoms with van der Waals surface area (Å²) >= 11 is 5.98.